The average Bonchev–Trinajstić information content (AvgIpc) is 3.00. The van der Waals surface area contributed by atoms with Crippen molar-refractivity contribution >= 4 is 21.6 Å². The predicted octanol–water partition coefficient (Wildman–Crippen LogP) is 4.56. The molecule has 32 heavy (non-hydrogen) atoms. The smallest absolute Gasteiger partial charge is 0.214 e. The molecular weight excluding hydrogens is 440 g/mol. The van der Waals surface area contributed by atoms with Gasteiger partial charge in [0.05, 0.1) is 5.25 Å². The standard InChI is InChI=1S/C26H33ClN2O2S/c27-23-5-1-4-20(14-23)16-26-22(18-29-12-3-13-29)17-21-9-8-19(15-25(21)26)10-11-28-32(30,31)24-6-2-7-24/h1,4-5,8-9,14-15,22,24,26,28H,2-3,6-7,10-13,16-18H2. The maximum Gasteiger partial charge on any atom is 0.214 e. The number of rotatable bonds is 9. The largest absolute Gasteiger partial charge is 0.303 e. The van der Waals surface area contributed by atoms with Gasteiger partial charge in [-0.25, -0.2) is 13.1 Å². The Kier molecular flexibility index (Phi) is 6.62. The van der Waals surface area contributed by atoms with Crippen LogP contribution in [0.15, 0.2) is 42.5 Å². The quantitative estimate of drug-likeness (QED) is 0.582. The van der Waals surface area contributed by atoms with Crippen LogP contribution in [0, 0.1) is 5.92 Å². The number of hydrogen-bond donors (Lipinski definition) is 1. The highest BCUT2D eigenvalue weighted by molar-refractivity contribution is 7.90. The number of sulfonamides is 1. The summed E-state index contributed by atoms with van der Waals surface area (Å²) in [5.74, 6) is 1.10. The molecule has 0 radical (unpaired) electrons. The van der Waals surface area contributed by atoms with Crippen molar-refractivity contribution in [3.63, 3.8) is 0 Å². The maximum absolute atomic E-state index is 12.3. The molecule has 1 heterocycles. The van der Waals surface area contributed by atoms with E-state index < -0.39 is 10.0 Å². The highest BCUT2D eigenvalue weighted by Gasteiger charge is 2.35. The minimum Gasteiger partial charge on any atom is -0.303 e. The van der Waals surface area contributed by atoms with E-state index >= 15 is 0 Å². The van der Waals surface area contributed by atoms with Gasteiger partial charge in [-0.15, -0.1) is 0 Å². The van der Waals surface area contributed by atoms with E-state index in [-0.39, 0.29) is 5.25 Å². The van der Waals surface area contributed by atoms with Gasteiger partial charge in [0.1, 0.15) is 0 Å². The molecule has 0 spiro atoms. The molecular formula is C26H33ClN2O2S. The van der Waals surface area contributed by atoms with Crippen molar-refractivity contribution in [1.29, 1.82) is 0 Å². The third-order valence-corrected chi connectivity index (χ3v) is 9.85. The van der Waals surface area contributed by atoms with Crippen LogP contribution >= 0.6 is 11.6 Å². The Hall–Kier alpha value is -1.40. The van der Waals surface area contributed by atoms with E-state index in [1.54, 1.807) is 0 Å². The van der Waals surface area contributed by atoms with Gasteiger partial charge in [0, 0.05) is 18.1 Å². The molecule has 1 N–H and O–H groups in total. The zero-order valence-corrected chi connectivity index (χ0v) is 20.2. The van der Waals surface area contributed by atoms with Crippen molar-refractivity contribution in [1.82, 2.24) is 9.62 Å². The molecule has 4 nitrogen and oxygen atoms in total. The van der Waals surface area contributed by atoms with Crippen molar-refractivity contribution in [3.05, 3.63) is 69.7 Å². The average molecular weight is 473 g/mol. The highest BCUT2D eigenvalue weighted by atomic mass is 35.5. The van der Waals surface area contributed by atoms with E-state index in [2.05, 4.69) is 40.0 Å². The molecule has 0 amide bonds. The van der Waals surface area contributed by atoms with Gasteiger partial charge in [-0.1, -0.05) is 48.4 Å². The maximum atomic E-state index is 12.3. The van der Waals surface area contributed by atoms with Gasteiger partial charge in [0.25, 0.3) is 0 Å². The molecule has 172 valence electrons. The predicted molar refractivity (Wildman–Crippen MR) is 131 cm³/mol. The molecule has 0 aromatic heterocycles. The van der Waals surface area contributed by atoms with Crippen molar-refractivity contribution < 1.29 is 8.42 Å². The first-order chi connectivity index (χ1) is 15.5. The summed E-state index contributed by atoms with van der Waals surface area (Å²) in [5.41, 5.74) is 5.43. The van der Waals surface area contributed by atoms with Crippen LogP contribution in [0.25, 0.3) is 0 Å². The third-order valence-electron chi connectivity index (χ3n) is 7.65. The fourth-order valence-electron chi connectivity index (χ4n) is 5.43. The molecule has 2 atom stereocenters. The summed E-state index contributed by atoms with van der Waals surface area (Å²) in [4.78, 5) is 2.58. The molecule has 1 saturated heterocycles. The zero-order chi connectivity index (χ0) is 22.1. The van der Waals surface area contributed by atoms with Crippen LogP contribution in [-0.4, -0.2) is 44.7 Å². The lowest BCUT2D eigenvalue weighted by Crippen LogP contribution is -2.41. The third kappa shape index (κ3) is 4.91. The Morgan fingerprint density at radius 1 is 1.03 bits per heavy atom. The van der Waals surface area contributed by atoms with Gasteiger partial charge in [0.15, 0.2) is 0 Å². The summed E-state index contributed by atoms with van der Waals surface area (Å²) >= 11 is 6.27. The summed E-state index contributed by atoms with van der Waals surface area (Å²) in [6.07, 6.45) is 6.83. The monoisotopic (exact) mass is 472 g/mol. The lowest BCUT2D eigenvalue weighted by Gasteiger charge is -2.35. The Balaban J connectivity index is 1.31. The van der Waals surface area contributed by atoms with Crippen molar-refractivity contribution in [2.75, 3.05) is 26.2 Å². The van der Waals surface area contributed by atoms with E-state index in [4.69, 9.17) is 11.6 Å². The van der Waals surface area contributed by atoms with Crippen LogP contribution in [0.3, 0.4) is 0 Å². The second kappa shape index (κ2) is 9.46. The van der Waals surface area contributed by atoms with Crippen LogP contribution in [0.2, 0.25) is 5.02 Å². The first-order valence-corrected chi connectivity index (χ1v) is 14.0. The zero-order valence-electron chi connectivity index (χ0n) is 18.6. The van der Waals surface area contributed by atoms with Crippen LogP contribution in [0.1, 0.15) is 53.9 Å². The van der Waals surface area contributed by atoms with Gasteiger partial charge in [-0.2, -0.15) is 0 Å². The van der Waals surface area contributed by atoms with Gasteiger partial charge in [-0.05, 0) is 97.8 Å². The minimum absolute atomic E-state index is 0.174. The number of nitrogens with one attached hydrogen (secondary N) is 1. The van der Waals surface area contributed by atoms with Gasteiger partial charge >= 0.3 is 0 Å². The first kappa shape index (κ1) is 22.4. The summed E-state index contributed by atoms with van der Waals surface area (Å²) in [6.45, 7) is 4.09. The van der Waals surface area contributed by atoms with Crippen molar-refractivity contribution in [2.45, 2.75) is 56.1 Å². The molecule has 2 unspecified atom stereocenters. The summed E-state index contributed by atoms with van der Waals surface area (Å²) in [6, 6.07) is 15.1. The van der Waals surface area contributed by atoms with Gasteiger partial charge in [0.2, 0.25) is 10.0 Å². The van der Waals surface area contributed by atoms with Gasteiger partial charge in [-0.3, -0.25) is 0 Å². The van der Waals surface area contributed by atoms with Crippen LogP contribution in [-0.2, 0) is 29.3 Å². The SMILES string of the molecule is O=S(=O)(NCCc1ccc2c(c1)C(Cc1cccc(Cl)c1)C(CN1CCC1)C2)C1CCC1. The molecule has 2 fully saturated rings. The lowest BCUT2D eigenvalue weighted by molar-refractivity contribution is 0.145. The van der Waals surface area contributed by atoms with E-state index in [0.29, 0.717) is 18.4 Å². The van der Waals surface area contributed by atoms with Crippen LogP contribution in [0.4, 0.5) is 0 Å². The van der Waals surface area contributed by atoms with Gasteiger partial charge < -0.3 is 4.90 Å². The molecule has 1 saturated carbocycles. The molecule has 5 rings (SSSR count). The fourth-order valence-corrected chi connectivity index (χ4v) is 7.22. The molecule has 2 aromatic carbocycles. The second-order valence-electron chi connectivity index (χ2n) is 9.83. The van der Waals surface area contributed by atoms with Crippen LogP contribution in [0.5, 0.6) is 0 Å². The molecule has 3 aliphatic rings. The fraction of sp³-hybridized carbons (Fsp3) is 0.538. The van der Waals surface area contributed by atoms with Crippen molar-refractivity contribution in [2.24, 2.45) is 5.92 Å². The van der Waals surface area contributed by atoms with Crippen molar-refractivity contribution in [3.8, 4) is 0 Å². The Morgan fingerprint density at radius 2 is 1.88 bits per heavy atom. The molecule has 0 bridgehead atoms. The Labute approximate surface area is 197 Å². The summed E-state index contributed by atoms with van der Waals surface area (Å²) < 4.78 is 27.5. The Morgan fingerprint density at radius 3 is 2.56 bits per heavy atom. The first-order valence-electron chi connectivity index (χ1n) is 12.0. The number of likely N-dealkylation sites (tertiary alicyclic amines) is 1. The van der Waals surface area contributed by atoms with E-state index in [1.807, 2.05) is 12.1 Å². The second-order valence-corrected chi connectivity index (χ2v) is 12.3. The van der Waals surface area contributed by atoms with E-state index in [9.17, 15) is 8.42 Å². The van der Waals surface area contributed by atoms with Crippen LogP contribution < -0.4 is 4.72 Å². The lowest BCUT2D eigenvalue weighted by atomic mass is 9.85. The highest BCUT2D eigenvalue weighted by Crippen LogP contribution is 2.42. The number of hydrogen-bond acceptors (Lipinski definition) is 3. The summed E-state index contributed by atoms with van der Waals surface area (Å²) in [5, 5.41) is 0.624. The minimum atomic E-state index is -3.15. The number of fused-ring (bicyclic) bond motifs is 1. The molecule has 2 aromatic rings. The van der Waals surface area contributed by atoms with E-state index in [0.717, 1.165) is 50.1 Å². The molecule has 2 aliphatic carbocycles. The number of benzene rings is 2. The number of nitrogens with zero attached hydrogens (tertiary/aromatic N) is 1. The molecule has 6 heteroatoms. The Bertz CT molecular complexity index is 1060. The molecule has 1 aliphatic heterocycles. The summed E-state index contributed by atoms with van der Waals surface area (Å²) in [7, 11) is -3.15. The van der Waals surface area contributed by atoms with E-state index in [1.165, 1.54) is 41.8 Å². The topological polar surface area (TPSA) is 49.4 Å². The number of halogens is 1. The normalized spacial score (nSPS) is 23.5.